The van der Waals surface area contributed by atoms with Gasteiger partial charge in [0, 0.05) is 12.1 Å². The highest BCUT2D eigenvalue weighted by Crippen LogP contribution is 2.18. The van der Waals surface area contributed by atoms with Crippen molar-refractivity contribution >= 4 is 5.91 Å². The maximum Gasteiger partial charge on any atom is 0.234 e. The highest BCUT2D eigenvalue weighted by molar-refractivity contribution is 5.78. The van der Waals surface area contributed by atoms with Crippen molar-refractivity contribution in [1.29, 1.82) is 0 Å². The van der Waals surface area contributed by atoms with Crippen LogP contribution in [0.15, 0.2) is 0 Å². The molecule has 88 valence electrons. The summed E-state index contributed by atoms with van der Waals surface area (Å²) in [5.41, 5.74) is 0. The number of rotatable bonds is 4. The van der Waals surface area contributed by atoms with Crippen LogP contribution in [0, 0.1) is 0 Å². The van der Waals surface area contributed by atoms with E-state index in [1.807, 2.05) is 13.8 Å². The summed E-state index contributed by atoms with van der Waals surface area (Å²) in [5.74, 6) is 0.172. The van der Waals surface area contributed by atoms with Crippen LogP contribution in [0.2, 0.25) is 0 Å². The molecular weight excluding hydrogens is 188 g/mol. The molecule has 0 radical (unpaired) electrons. The quantitative estimate of drug-likeness (QED) is 0.770. The van der Waals surface area contributed by atoms with Crippen LogP contribution >= 0.6 is 0 Å². The molecule has 1 amide bonds. The zero-order valence-electron chi connectivity index (χ0n) is 10.3. The third-order valence-electron chi connectivity index (χ3n) is 3.02. The molecule has 3 nitrogen and oxygen atoms in total. The molecule has 1 atom stereocenters. The summed E-state index contributed by atoms with van der Waals surface area (Å²) in [6.07, 6.45) is 4.98. The van der Waals surface area contributed by atoms with Crippen LogP contribution in [0.5, 0.6) is 0 Å². The minimum absolute atomic E-state index is 0.172. The second kappa shape index (κ2) is 6.11. The van der Waals surface area contributed by atoms with E-state index in [1.165, 1.54) is 19.3 Å². The first-order chi connectivity index (χ1) is 7.13. The van der Waals surface area contributed by atoms with Crippen LogP contribution in [-0.4, -0.2) is 36.0 Å². The first-order valence-electron chi connectivity index (χ1n) is 6.17. The molecule has 1 heterocycles. The van der Waals surface area contributed by atoms with Crippen LogP contribution in [-0.2, 0) is 4.79 Å². The number of likely N-dealkylation sites (tertiary alicyclic amines) is 1. The van der Waals surface area contributed by atoms with Gasteiger partial charge in [0.25, 0.3) is 0 Å². The van der Waals surface area contributed by atoms with Gasteiger partial charge in [0.05, 0.1) is 6.54 Å². The van der Waals surface area contributed by atoms with Crippen LogP contribution in [0.3, 0.4) is 0 Å². The van der Waals surface area contributed by atoms with Gasteiger partial charge in [0.15, 0.2) is 0 Å². The minimum atomic E-state index is 0.172. The molecule has 0 aromatic carbocycles. The highest BCUT2D eigenvalue weighted by atomic mass is 16.2. The third-order valence-corrected chi connectivity index (χ3v) is 3.02. The molecule has 0 aromatic heterocycles. The molecule has 3 heteroatoms. The molecule has 1 rings (SSSR count). The Labute approximate surface area is 93.2 Å². The van der Waals surface area contributed by atoms with E-state index >= 15 is 0 Å². The Kier molecular flexibility index (Phi) is 5.09. The van der Waals surface area contributed by atoms with Gasteiger partial charge in [-0.2, -0.15) is 0 Å². The van der Waals surface area contributed by atoms with E-state index < -0.39 is 0 Å². The molecule has 0 bridgehead atoms. The zero-order chi connectivity index (χ0) is 11.3. The van der Waals surface area contributed by atoms with E-state index in [-0.39, 0.29) is 11.9 Å². The molecule has 0 aliphatic carbocycles. The predicted molar refractivity (Wildman–Crippen MR) is 62.8 cm³/mol. The maximum absolute atomic E-state index is 11.6. The van der Waals surface area contributed by atoms with Crippen molar-refractivity contribution in [2.24, 2.45) is 0 Å². The van der Waals surface area contributed by atoms with Crippen molar-refractivity contribution in [3.63, 3.8) is 0 Å². The number of hydrogen-bond donors (Lipinski definition) is 1. The summed E-state index contributed by atoms with van der Waals surface area (Å²) in [6, 6.07) is 0.874. The summed E-state index contributed by atoms with van der Waals surface area (Å²) in [5, 5.41) is 2.95. The monoisotopic (exact) mass is 212 g/mol. The second-order valence-corrected chi connectivity index (χ2v) is 4.75. The normalized spacial score (nSPS) is 23.1. The smallest absolute Gasteiger partial charge is 0.234 e. The average molecular weight is 212 g/mol. The zero-order valence-corrected chi connectivity index (χ0v) is 10.3. The summed E-state index contributed by atoms with van der Waals surface area (Å²) in [4.78, 5) is 14.0. The summed E-state index contributed by atoms with van der Waals surface area (Å²) < 4.78 is 0. The SMILES string of the molecule is CCC1CCCCN1CC(=O)NC(C)C. The van der Waals surface area contributed by atoms with Crippen molar-refractivity contribution in [3.8, 4) is 0 Å². The van der Waals surface area contributed by atoms with E-state index in [9.17, 15) is 4.79 Å². The first kappa shape index (κ1) is 12.5. The van der Waals surface area contributed by atoms with Crippen LogP contribution in [0.1, 0.15) is 46.5 Å². The Morgan fingerprint density at radius 2 is 2.20 bits per heavy atom. The molecule has 1 fully saturated rings. The highest BCUT2D eigenvalue weighted by Gasteiger charge is 2.22. The molecule has 1 unspecified atom stereocenters. The Morgan fingerprint density at radius 3 is 2.80 bits per heavy atom. The Balaban J connectivity index is 2.37. The van der Waals surface area contributed by atoms with Gasteiger partial charge in [-0.3, -0.25) is 9.69 Å². The lowest BCUT2D eigenvalue weighted by molar-refractivity contribution is -0.123. The Bertz CT molecular complexity index is 204. The molecule has 0 spiro atoms. The van der Waals surface area contributed by atoms with Crippen molar-refractivity contribution in [1.82, 2.24) is 10.2 Å². The van der Waals surface area contributed by atoms with Gasteiger partial charge in [-0.25, -0.2) is 0 Å². The number of carbonyl (C=O) groups is 1. The van der Waals surface area contributed by atoms with E-state index in [0.29, 0.717) is 12.6 Å². The number of hydrogen-bond acceptors (Lipinski definition) is 2. The molecule has 0 aromatic rings. The van der Waals surface area contributed by atoms with Crippen molar-refractivity contribution in [2.45, 2.75) is 58.5 Å². The molecule has 1 aliphatic heterocycles. The van der Waals surface area contributed by atoms with Gasteiger partial charge in [-0.05, 0) is 39.7 Å². The summed E-state index contributed by atoms with van der Waals surface area (Å²) >= 11 is 0. The number of carbonyl (C=O) groups excluding carboxylic acids is 1. The molecule has 1 N–H and O–H groups in total. The Hall–Kier alpha value is -0.570. The molecular formula is C12H24N2O. The molecule has 0 saturated carbocycles. The van der Waals surface area contributed by atoms with Crippen LogP contribution in [0.25, 0.3) is 0 Å². The lowest BCUT2D eigenvalue weighted by Crippen LogP contribution is -2.46. The van der Waals surface area contributed by atoms with Crippen molar-refractivity contribution in [2.75, 3.05) is 13.1 Å². The lowest BCUT2D eigenvalue weighted by Gasteiger charge is -2.34. The fraction of sp³-hybridized carbons (Fsp3) is 0.917. The fourth-order valence-electron chi connectivity index (χ4n) is 2.28. The number of amides is 1. The Morgan fingerprint density at radius 1 is 1.47 bits per heavy atom. The number of nitrogens with one attached hydrogen (secondary N) is 1. The first-order valence-corrected chi connectivity index (χ1v) is 6.17. The molecule has 1 saturated heterocycles. The van der Waals surface area contributed by atoms with Gasteiger partial charge in [0.1, 0.15) is 0 Å². The van der Waals surface area contributed by atoms with Crippen LogP contribution < -0.4 is 5.32 Å². The third kappa shape index (κ3) is 4.20. The largest absolute Gasteiger partial charge is 0.353 e. The minimum Gasteiger partial charge on any atom is -0.353 e. The molecule has 1 aliphatic rings. The number of nitrogens with zero attached hydrogens (tertiary/aromatic N) is 1. The van der Waals surface area contributed by atoms with Gasteiger partial charge >= 0.3 is 0 Å². The van der Waals surface area contributed by atoms with E-state index in [2.05, 4.69) is 17.1 Å². The predicted octanol–water partition coefficient (Wildman–Crippen LogP) is 1.78. The van der Waals surface area contributed by atoms with Gasteiger partial charge in [0.2, 0.25) is 5.91 Å². The van der Waals surface area contributed by atoms with Gasteiger partial charge in [-0.1, -0.05) is 13.3 Å². The van der Waals surface area contributed by atoms with Gasteiger partial charge in [-0.15, -0.1) is 0 Å². The standard InChI is InChI=1S/C12H24N2O/c1-4-11-7-5-6-8-14(11)9-12(15)13-10(2)3/h10-11H,4-9H2,1-3H3,(H,13,15). The van der Waals surface area contributed by atoms with Crippen molar-refractivity contribution < 1.29 is 4.79 Å². The number of piperidine rings is 1. The van der Waals surface area contributed by atoms with E-state index in [4.69, 9.17) is 0 Å². The van der Waals surface area contributed by atoms with E-state index in [0.717, 1.165) is 13.0 Å². The summed E-state index contributed by atoms with van der Waals surface area (Å²) in [7, 11) is 0. The lowest BCUT2D eigenvalue weighted by atomic mass is 10.00. The molecule has 15 heavy (non-hydrogen) atoms. The van der Waals surface area contributed by atoms with Gasteiger partial charge < -0.3 is 5.32 Å². The van der Waals surface area contributed by atoms with E-state index in [1.54, 1.807) is 0 Å². The fourth-order valence-corrected chi connectivity index (χ4v) is 2.28. The topological polar surface area (TPSA) is 32.3 Å². The second-order valence-electron chi connectivity index (χ2n) is 4.75. The maximum atomic E-state index is 11.6. The average Bonchev–Trinajstić information content (AvgIpc) is 2.17. The van der Waals surface area contributed by atoms with Crippen molar-refractivity contribution in [3.05, 3.63) is 0 Å². The van der Waals surface area contributed by atoms with Crippen LogP contribution in [0.4, 0.5) is 0 Å². The summed E-state index contributed by atoms with van der Waals surface area (Å²) in [6.45, 7) is 7.89.